The minimum absolute atomic E-state index is 0.113. The monoisotopic (exact) mass is 266 g/mol. The molecule has 100 valence electrons. The first-order chi connectivity index (χ1) is 9.07. The number of anilines is 1. The Bertz CT molecular complexity index is 522. The first-order valence-corrected chi connectivity index (χ1v) is 5.84. The summed E-state index contributed by atoms with van der Waals surface area (Å²) in [6, 6.07) is 7.90. The van der Waals surface area contributed by atoms with Crippen LogP contribution in [0.2, 0.25) is 0 Å². The van der Waals surface area contributed by atoms with Crippen LogP contribution in [0.1, 0.15) is 19.3 Å². The topological polar surface area (TPSA) is 62.1 Å². The molecule has 19 heavy (non-hydrogen) atoms. The average Bonchev–Trinajstić information content (AvgIpc) is 2.30. The van der Waals surface area contributed by atoms with Crippen molar-refractivity contribution in [3.8, 4) is 11.8 Å². The van der Waals surface area contributed by atoms with Gasteiger partial charge in [0.15, 0.2) is 0 Å². The largest absolute Gasteiger partial charge is 0.433 e. The minimum atomic E-state index is -2.97. The van der Waals surface area contributed by atoms with E-state index < -0.39 is 17.9 Å². The third kappa shape index (κ3) is 2.65. The predicted octanol–water partition coefficient (Wildman–Crippen LogP) is 2.92. The Hall–Kier alpha value is -2.16. The van der Waals surface area contributed by atoms with Crippen molar-refractivity contribution in [3.05, 3.63) is 24.3 Å². The van der Waals surface area contributed by atoms with Gasteiger partial charge in [0.25, 0.3) is 0 Å². The van der Waals surface area contributed by atoms with Gasteiger partial charge in [0.2, 0.25) is 5.91 Å². The first kappa shape index (κ1) is 13.3. The van der Waals surface area contributed by atoms with Crippen LogP contribution in [-0.2, 0) is 4.79 Å². The fourth-order valence-electron chi connectivity index (χ4n) is 1.93. The van der Waals surface area contributed by atoms with Crippen LogP contribution < -0.4 is 10.1 Å². The van der Waals surface area contributed by atoms with E-state index in [2.05, 4.69) is 10.1 Å². The third-order valence-electron chi connectivity index (χ3n) is 3.21. The van der Waals surface area contributed by atoms with E-state index in [0.29, 0.717) is 12.8 Å². The number of hydrogen-bond acceptors (Lipinski definition) is 3. The summed E-state index contributed by atoms with van der Waals surface area (Å²) < 4.78 is 28.8. The lowest BCUT2D eigenvalue weighted by Gasteiger charge is -2.33. The maximum absolute atomic E-state index is 12.2. The van der Waals surface area contributed by atoms with E-state index in [9.17, 15) is 13.6 Å². The number of halogens is 2. The molecule has 1 aliphatic carbocycles. The van der Waals surface area contributed by atoms with Gasteiger partial charge in [-0.1, -0.05) is 12.1 Å². The number of nitrogens with one attached hydrogen (secondary N) is 1. The summed E-state index contributed by atoms with van der Waals surface area (Å²) >= 11 is 0. The van der Waals surface area contributed by atoms with Crippen LogP contribution in [-0.4, -0.2) is 12.5 Å². The molecule has 2 rings (SSSR count). The summed E-state index contributed by atoms with van der Waals surface area (Å²) in [6.45, 7) is -2.97. The fourth-order valence-corrected chi connectivity index (χ4v) is 1.93. The zero-order valence-corrected chi connectivity index (χ0v) is 10.0. The van der Waals surface area contributed by atoms with E-state index in [0.717, 1.165) is 6.42 Å². The number of rotatable bonds is 4. The third-order valence-corrected chi connectivity index (χ3v) is 3.21. The Labute approximate surface area is 109 Å². The number of alkyl halides is 2. The number of para-hydroxylation sites is 2. The van der Waals surface area contributed by atoms with Crippen molar-refractivity contribution in [2.75, 3.05) is 5.32 Å². The second-order valence-corrected chi connectivity index (χ2v) is 4.38. The Morgan fingerprint density at radius 1 is 1.42 bits per heavy atom. The van der Waals surface area contributed by atoms with E-state index >= 15 is 0 Å². The summed E-state index contributed by atoms with van der Waals surface area (Å²) in [6.07, 6.45) is 1.80. The quantitative estimate of drug-likeness (QED) is 0.911. The Balaban J connectivity index is 2.15. The van der Waals surface area contributed by atoms with Gasteiger partial charge in [0.1, 0.15) is 11.2 Å². The number of nitrogens with zero attached hydrogens (tertiary/aromatic N) is 1. The lowest BCUT2D eigenvalue weighted by Crippen LogP contribution is -2.40. The van der Waals surface area contributed by atoms with Crippen LogP contribution in [0.5, 0.6) is 5.75 Å². The minimum Gasteiger partial charge on any atom is -0.433 e. The Morgan fingerprint density at radius 3 is 2.63 bits per heavy atom. The second-order valence-electron chi connectivity index (χ2n) is 4.38. The molecule has 1 fully saturated rings. The molecule has 1 aliphatic rings. The molecule has 1 N–H and O–H groups in total. The lowest BCUT2D eigenvalue weighted by atomic mass is 9.69. The van der Waals surface area contributed by atoms with Crippen molar-refractivity contribution in [1.29, 1.82) is 5.26 Å². The lowest BCUT2D eigenvalue weighted by molar-refractivity contribution is -0.126. The Kier molecular flexibility index (Phi) is 3.65. The van der Waals surface area contributed by atoms with Crippen LogP contribution >= 0.6 is 0 Å². The molecule has 0 aliphatic heterocycles. The summed E-state index contributed by atoms with van der Waals surface area (Å²) in [5.74, 6) is -0.579. The molecule has 1 aromatic rings. The van der Waals surface area contributed by atoms with E-state index in [1.807, 2.05) is 6.07 Å². The molecule has 1 saturated carbocycles. The molecular formula is C13H12F2N2O2. The fraction of sp³-hybridized carbons (Fsp3) is 0.385. The molecule has 6 heteroatoms. The highest BCUT2D eigenvalue weighted by atomic mass is 19.3. The molecule has 1 amide bonds. The summed E-state index contributed by atoms with van der Waals surface area (Å²) in [7, 11) is 0. The van der Waals surface area contributed by atoms with Crippen molar-refractivity contribution < 1.29 is 18.3 Å². The molecule has 4 nitrogen and oxygen atoms in total. The number of carbonyl (C=O) groups excluding carboxylic acids is 1. The smallest absolute Gasteiger partial charge is 0.387 e. The van der Waals surface area contributed by atoms with Gasteiger partial charge in [0.05, 0.1) is 11.8 Å². The van der Waals surface area contributed by atoms with Gasteiger partial charge in [-0.25, -0.2) is 0 Å². The maximum Gasteiger partial charge on any atom is 0.387 e. The molecule has 0 spiro atoms. The summed E-state index contributed by atoms with van der Waals surface area (Å²) in [5, 5.41) is 11.5. The first-order valence-electron chi connectivity index (χ1n) is 5.84. The molecule has 0 aromatic heterocycles. The van der Waals surface area contributed by atoms with E-state index in [1.165, 1.54) is 18.2 Å². The zero-order chi connectivity index (χ0) is 13.9. The predicted molar refractivity (Wildman–Crippen MR) is 63.6 cm³/mol. The molecule has 1 aromatic carbocycles. The average molecular weight is 266 g/mol. The van der Waals surface area contributed by atoms with Crippen LogP contribution in [0.3, 0.4) is 0 Å². The van der Waals surface area contributed by atoms with Gasteiger partial charge >= 0.3 is 6.61 Å². The van der Waals surface area contributed by atoms with Crippen molar-refractivity contribution in [1.82, 2.24) is 0 Å². The highest BCUT2D eigenvalue weighted by Crippen LogP contribution is 2.41. The molecule has 0 unspecified atom stereocenters. The van der Waals surface area contributed by atoms with Crippen molar-refractivity contribution in [2.45, 2.75) is 25.9 Å². The summed E-state index contributed by atoms with van der Waals surface area (Å²) in [5.41, 5.74) is -0.882. The van der Waals surface area contributed by atoms with Crippen LogP contribution in [0.4, 0.5) is 14.5 Å². The number of amides is 1. The van der Waals surface area contributed by atoms with Crippen LogP contribution in [0.25, 0.3) is 0 Å². The van der Waals surface area contributed by atoms with Gasteiger partial charge < -0.3 is 10.1 Å². The van der Waals surface area contributed by atoms with Crippen LogP contribution in [0.15, 0.2) is 24.3 Å². The Morgan fingerprint density at radius 2 is 2.11 bits per heavy atom. The standard InChI is InChI=1S/C13H12F2N2O2/c14-12(15)19-10-5-2-1-4-9(10)17-11(18)13(8-16)6-3-7-13/h1-2,4-5,12H,3,6-7H2,(H,17,18). The molecule has 0 radical (unpaired) electrons. The second kappa shape index (κ2) is 5.22. The van der Waals surface area contributed by atoms with Gasteiger partial charge in [-0.2, -0.15) is 14.0 Å². The van der Waals surface area contributed by atoms with Crippen molar-refractivity contribution in [3.63, 3.8) is 0 Å². The number of hydrogen-bond donors (Lipinski definition) is 1. The van der Waals surface area contributed by atoms with Gasteiger partial charge in [-0.15, -0.1) is 0 Å². The van der Waals surface area contributed by atoms with Gasteiger partial charge in [-0.3, -0.25) is 4.79 Å². The number of carbonyl (C=O) groups is 1. The van der Waals surface area contributed by atoms with Crippen LogP contribution in [0, 0.1) is 16.7 Å². The normalized spacial score (nSPS) is 16.3. The number of benzene rings is 1. The van der Waals surface area contributed by atoms with Gasteiger partial charge in [0, 0.05) is 0 Å². The maximum atomic E-state index is 12.2. The SMILES string of the molecule is N#CC1(C(=O)Nc2ccccc2OC(F)F)CCC1. The molecule has 0 bridgehead atoms. The molecule has 0 heterocycles. The molecular weight excluding hydrogens is 254 g/mol. The van der Waals surface area contributed by atoms with Gasteiger partial charge in [-0.05, 0) is 31.4 Å². The molecule has 0 saturated heterocycles. The number of nitriles is 1. The highest BCUT2D eigenvalue weighted by molar-refractivity contribution is 5.98. The highest BCUT2D eigenvalue weighted by Gasteiger charge is 2.44. The van der Waals surface area contributed by atoms with Crippen molar-refractivity contribution in [2.24, 2.45) is 5.41 Å². The zero-order valence-electron chi connectivity index (χ0n) is 10.0. The van der Waals surface area contributed by atoms with E-state index in [1.54, 1.807) is 6.07 Å². The molecule has 0 atom stereocenters. The summed E-state index contributed by atoms with van der Waals surface area (Å²) in [4.78, 5) is 12.0. The van der Waals surface area contributed by atoms with E-state index in [-0.39, 0.29) is 11.4 Å². The van der Waals surface area contributed by atoms with Crippen molar-refractivity contribution >= 4 is 11.6 Å². The number of ether oxygens (including phenoxy) is 1. The van der Waals surface area contributed by atoms with E-state index in [4.69, 9.17) is 5.26 Å².